The van der Waals surface area contributed by atoms with Crippen LogP contribution in [0.3, 0.4) is 0 Å². The van der Waals surface area contributed by atoms with Gasteiger partial charge in [0, 0.05) is 18.8 Å². The third kappa shape index (κ3) is 5.54. The maximum atomic E-state index is 12.8. The van der Waals surface area contributed by atoms with Crippen LogP contribution in [0.5, 0.6) is 0 Å². The fourth-order valence-corrected chi connectivity index (χ4v) is 6.05. The molecule has 1 unspecified atom stereocenters. The van der Waals surface area contributed by atoms with Gasteiger partial charge >= 0.3 is 0 Å². The van der Waals surface area contributed by atoms with E-state index < -0.39 is 10.0 Å². The van der Waals surface area contributed by atoms with Gasteiger partial charge in [0.05, 0.1) is 16.7 Å². The van der Waals surface area contributed by atoms with Gasteiger partial charge in [-0.25, -0.2) is 8.42 Å². The first-order valence-electron chi connectivity index (χ1n) is 9.90. The lowest BCUT2D eigenvalue weighted by atomic mass is 10.1. The number of benzene rings is 2. The number of nitrogens with zero attached hydrogens (tertiary/aromatic N) is 1. The van der Waals surface area contributed by atoms with Crippen molar-refractivity contribution in [2.45, 2.75) is 31.3 Å². The summed E-state index contributed by atoms with van der Waals surface area (Å²) in [4.78, 5) is 12.7. The Labute approximate surface area is 177 Å². The normalized spacial score (nSPS) is 14.7. The number of hydrogen-bond donors (Lipinski definition) is 1. The Morgan fingerprint density at radius 2 is 1.79 bits per heavy atom. The Balaban J connectivity index is 1.53. The van der Waals surface area contributed by atoms with Crippen molar-refractivity contribution in [1.82, 2.24) is 5.32 Å². The molecule has 2 aromatic rings. The zero-order valence-electron chi connectivity index (χ0n) is 16.9. The fourth-order valence-electron chi connectivity index (χ4n) is 3.44. The van der Waals surface area contributed by atoms with Crippen molar-refractivity contribution >= 4 is 33.4 Å². The maximum Gasteiger partial charge on any atom is 0.236 e. The molecule has 1 heterocycles. The average Bonchev–Trinajstić information content (AvgIpc) is 3.13. The number of para-hydroxylation sites is 1. The van der Waals surface area contributed by atoms with Crippen molar-refractivity contribution < 1.29 is 13.2 Å². The van der Waals surface area contributed by atoms with E-state index in [0.29, 0.717) is 6.54 Å². The van der Waals surface area contributed by atoms with E-state index in [9.17, 15) is 13.2 Å². The lowest BCUT2D eigenvalue weighted by Crippen LogP contribution is -2.41. The summed E-state index contributed by atoms with van der Waals surface area (Å²) in [5, 5.41) is 2.62. The number of amides is 1. The summed E-state index contributed by atoms with van der Waals surface area (Å²) < 4.78 is 27.0. The Morgan fingerprint density at radius 3 is 2.52 bits per heavy atom. The molecule has 156 valence electrons. The van der Waals surface area contributed by atoms with Crippen LogP contribution in [0.15, 0.2) is 54.6 Å². The number of carbonyl (C=O) groups is 1. The van der Waals surface area contributed by atoms with E-state index in [1.807, 2.05) is 68.4 Å². The van der Waals surface area contributed by atoms with E-state index >= 15 is 0 Å². The van der Waals surface area contributed by atoms with Crippen LogP contribution in [-0.2, 0) is 27.0 Å². The third-order valence-electron chi connectivity index (χ3n) is 4.98. The maximum absolute atomic E-state index is 12.8. The molecule has 0 aliphatic carbocycles. The van der Waals surface area contributed by atoms with Crippen LogP contribution in [0, 0.1) is 5.92 Å². The molecule has 1 aliphatic heterocycles. The van der Waals surface area contributed by atoms with Gasteiger partial charge in [-0.1, -0.05) is 62.4 Å². The van der Waals surface area contributed by atoms with Gasteiger partial charge < -0.3 is 5.32 Å². The minimum atomic E-state index is -3.46. The van der Waals surface area contributed by atoms with Gasteiger partial charge in [-0.2, -0.15) is 0 Å². The van der Waals surface area contributed by atoms with Gasteiger partial charge in [0.25, 0.3) is 0 Å². The van der Waals surface area contributed by atoms with Crippen LogP contribution in [0.2, 0.25) is 0 Å². The number of rotatable bonds is 9. The number of fused-ring (bicyclic) bond motifs is 1. The van der Waals surface area contributed by atoms with Crippen LogP contribution >= 0.6 is 11.8 Å². The predicted molar refractivity (Wildman–Crippen MR) is 121 cm³/mol. The summed E-state index contributed by atoms with van der Waals surface area (Å²) >= 11 is 1.59. The van der Waals surface area contributed by atoms with Gasteiger partial charge in [0.2, 0.25) is 15.9 Å². The van der Waals surface area contributed by atoms with Crippen molar-refractivity contribution in [1.29, 1.82) is 0 Å². The summed E-state index contributed by atoms with van der Waals surface area (Å²) in [5.41, 5.74) is 2.99. The number of hydrogen-bond acceptors (Lipinski definition) is 4. The molecule has 1 atom stereocenters. The topological polar surface area (TPSA) is 66.5 Å². The molecule has 0 spiro atoms. The summed E-state index contributed by atoms with van der Waals surface area (Å²) in [6.45, 7) is 4.62. The standard InChI is InChI=1S/C22H28N2O3S2/c1-17(2)21(28-16-18-8-4-3-5-9-18)22(25)23-13-15-29(26,27)24-14-12-19-10-6-7-11-20(19)24/h3-11,17,21H,12-16H2,1-2H3,(H,23,25). The number of sulfonamides is 1. The average molecular weight is 433 g/mol. The van der Waals surface area contributed by atoms with Crippen molar-refractivity contribution in [3.8, 4) is 0 Å². The highest BCUT2D eigenvalue weighted by atomic mass is 32.2. The van der Waals surface area contributed by atoms with Crippen molar-refractivity contribution in [3.05, 3.63) is 65.7 Å². The second-order valence-electron chi connectivity index (χ2n) is 7.52. The third-order valence-corrected chi connectivity index (χ3v) is 8.36. The van der Waals surface area contributed by atoms with Gasteiger partial charge in [-0.15, -0.1) is 11.8 Å². The summed E-state index contributed by atoms with van der Waals surface area (Å²) in [7, 11) is -3.46. The monoisotopic (exact) mass is 432 g/mol. The first kappa shape index (κ1) is 21.7. The molecule has 0 fully saturated rings. The molecule has 1 amide bonds. The molecule has 0 saturated heterocycles. The molecule has 0 aromatic heterocycles. The van der Waals surface area contributed by atoms with E-state index in [0.717, 1.165) is 23.4 Å². The summed E-state index contributed by atoms with van der Waals surface area (Å²) in [5.74, 6) is 0.713. The van der Waals surface area contributed by atoms with Crippen molar-refractivity contribution in [3.63, 3.8) is 0 Å². The molecule has 29 heavy (non-hydrogen) atoms. The predicted octanol–water partition coefficient (Wildman–Crippen LogP) is 3.45. The molecule has 0 radical (unpaired) electrons. The summed E-state index contributed by atoms with van der Waals surface area (Å²) in [6, 6.07) is 17.6. The highest BCUT2D eigenvalue weighted by Crippen LogP contribution is 2.30. The van der Waals surface area contributed by atoms with E-state index in [1.54, 1.807) is 11.8 Å². The van der Waals surface area contributed by atoms with Gasteiger partial charge in [-0.05, 0) is 29.5 Å². The molecule has 3 rings (SSSR count). The molecule has 7 heteroatoms. The minimum Gasteiger partial charge on any atom is -0.354 e. The van der Waals surface area contributed by atoms with E-state index in [2.05, 4.69) is 5.32 Å². The minimum absolute atomic E-state index is 0.0960. The second-order valence-corrected chi connectivity index (χ2v) is 10.7. The molecule has 2 aromatic carbocycles. The highest BCUT2D eigenvalue weighted by Gasteiger charge is 2.29. The Hall–Kier alpha value is -1.99. The van der Waals surface area contributed by atoms with Gasteiger partial charge in [0.1, 0.15) is 0 Å². The lowest BCUT2D eigenvalue weighted by molar-refractivity contribution is -0.121. The fraction of sp³-hybridized carbons (Fsp3) is 0.409. The van der Waals surface area contributed by atoms with Crippen LogP contribution in [0.1, 0.15) is 25.0 Å². The van der Waals surface area contributed by atoms with Gasteiger partial charge in [0.15, 0.2) is 0 Å². The Kier molecular flexibility index (Phi) is 7.24. The molecule has 1 aliphatic rings. The van der Waals surface area contributed by atoms with Crippen molar-refractivity contribution in [2.75, 3.05) is 23.1 Å². The van der Waals surface area contributed by atoms with E-state index in [4.69, 9.17) is 0 Å². The molecular weight excluding hydrogens is 404 g/mol. The van der Waals surface area contributed by atoms with Crippen LogP contribution in [0.4, 0.5) is 5.69 Å². The molecular formula is C22H28N2O3S2. The lowest BCUT2D eigenvalue weighted by Gasteiger charge is -2.22. The first-order valence-corrected chi connectivity index (χ1v) is 12.6. The van der Waals surface area contributed by atoms with Crippen molar-refractivity contribution in [2.24, 2.45) is 5.92 Å². The zero-order chi connectivity index (χ0) is 20.9. The van der Waals surface area contributed by atoms with E-state index in [-0.39, 0.29) is 29.4 Å². The molecule has 0 bridgehead atoms. The molecule has 5 nitrogen and oxygen atoms in total. The van der Waals surface area contributed by atoms with E-state index in [1.165, 1.54) is 9.87 Å². The molecule has 0 saturated carbocycles. The SMILES string of the molecule is CC(C)C(SCc1ccccc1)C(=O)NCCS(=O)(=O)N1CCc2ccccc21. The van der Waals surface area contributed by atoms with Crippen LogP contribution in [-0.4, -0.2) is 38.4 Å². The number of nitrogens with one attached hydrogen (secondary N) is 1. The quantitative estimate of drug-likeness (QED) is 0.659. The largest absolute Gasteiger partial charge is 0.354 e. The van der Waals surface area contributed by atoms with Crippen LogP contribution < -0.4 is 9.62 Å². The number of thioether (sulfide) groups is 1. The number of carbonyl (C=O) groups excluding carboxylic acids is 1. The van der Waals surface area contributed by atoms with Gasteiger partial charge in [-0.3, -0.25) is 9.10 Å². The summed E-state index contributed by atoms with van der Waals surface area (Å²) in [6.07, 6.45) is 0.729. The Bertz CT molecular complexity index is 930. The highest BCUT2D eigenvalue weighted by molar-refractivity contribution is 7.99. The van der Waals surface area contributed by atoms with Crippen LogP contribution in [0.25, 0.3) is 0 Å². The first-order chi connectivity index (χ1) is 13.9. The number of anilines is 1. The smallest absolute Gasteiger partial charge is 0.236 e. The zero-order valence-corrected chi connectivity index (χ0v) is 18.5. The molecule has 1 N–H and O–H groups in total. The Morgan fingerprint density at radius 1 is 1.10 bits per heavy atom. The second kappa shape index (κ2) is 9.67.